The minimum absolute atomic E-state index is 0.160. The second kappa shape index (κ2) is 18.1. The van der Waals surface area contributed by atoms with Gasteiger partial charge in [-0.3, -0.25) is 0 Å². The van der Waals surface area contributed by atoms with E-state index in [4.69, 9.17) is 0 Å². The molecule has 0 saturated heterocycles. The SMILES string of the molecule is Cc1ccc(N(c2ccccc2)c2ccc(N(C3=CCC(N(c4ccccc4)c4ccc(C)cc4)C=C3)C3=CCC(N(c4ccc(C)cc4)C4C=CC=CC4)C=C3)cc2)cc1. The van der Waals surface area contributed by atoms with Crippen molar-refractivity contribution >= 4 is 39.8 Å². The van der Waals surface area contributed by atoms with Crippen LogP contribution < -0.4 is 19.6 Å². The van der Waals surface area contributed by atoms with Crippen LogP contribution in [0.25, 0.3) is 0 Å². The van der Waals surface area contributed by atoms with Gasteiger partial charge in [0.25, 0.3) is 0 Å². The molecule has 0 radical (unpaired) electrons. The van der Waals surface area contributed by atoms with Crippen molar-refractivity contribution in [3.63, 3.8) is 0 Å². The molecule has 0 amide bonds. The van der Waals surface area contributed by atoms with Gasteiger partial charge in [-0.05, 0) is 137 Å². The first-order valence-electron chi connectivity index (χ1n) is 21.7. The Morgan fingerprint density at radius 2 is 0.770 bits per heavy atom. The highest BCUT2D eigenvalue weighted by Gasteiger charge is 2.28. The Morgan fingerprint density at radius 1 is 0.361 bits per heavy atom. The van der Waals surface area contributed by atoms with Crippen LogP contribution in [0.15, 0.2) is 230 Å². The summed E-state index contributed by atoms with van der Waals surface area (Å²) in [6.45, 7) is 6.45. The molecule has 6 aromatic carbocycles. The summed E-state index contributed by atoms with van der Waals surface area (Å²) in [7, 11) is 0. The Kier molecular flexibility index (Phi) is 11.7. The smallest absolute Gasteiger partial charge is 0.0561 e. The Labute approximate surface area is 362 Å². The van der Waals surface area contributed by atoms with E-state index in [9.17, 15) is 0 Å². The number of aryl methyl sites for hydroxylation is 3. The number of hydrogen-bond donors (Lipinski definition) is 0. The van der Waals surface area contributed by atoms with Crippen LogP contribution in [0, 0.1) is 20.8 Å². The first kappa shape index (κ1) is 39.4. The van der Waals surface area contributed by atoms with Gasteiger partial charge in [0.2, 0.25) is 0 Å². The normalized spacial score (nSPS) is 18.0. The molecule has 0 saturated carbocycles. The monoisotopic (exact) mass is 794 g/mol. The third-order valence-corrected chi connectivity index (χ3v) is 12.0. The standard InChI is InChI=1S/C57H54N4/c1-43-19-25-49(26-20-43)58(46-13-7-4-8-14-46)52-31-37-55(38-32-52)61(56-39-33-53(34-40-56)59(47-15-9-5-10-16-47)50-27-21-44(2)22-28-50)57-41-35-54(36-42-57)60(48-17-11-6-12-18-48)51-29-23-45(3)24-30-51/h4-17,19-33,35,37-42,48,53-54H,18,34,36H2,1-3H3. The maximum atomic E-state index is 2.60. The molecule has 0 heterocycles. The Morgan fingerprint density at radius 3 is 1.26 bits per heavy atom. The van der Waals surface area contributed by atoms with Gasteiger partial charge in [0, 0.05) is 51.2 Å². The van der Waals surface area contributed by atoms with E-state index in [0.29, 0.717) is 6.04 Å². The van der Waals surface area contributed by atoms with Crippen molar-refractivity contribution in [2.75, 3.05) is 19.6 Å². The van der Waals surface area contributed by atoms with Gasteiger partial charge in [-0.2, -0.15) is 0 Å². The predicted molar refractivity (Wildman–Crippen MR) is 260 cm³/mol. The summed E-state index contributed by atoms with van der Waals surface area (Å²) in [5, 5.41) is 0. The van der Waals surface area contributed by atoms with Crippen LogP contribution in [0.2, 0.25) is 0 Å². The zero-order chi connectivity index (χ0) is 41.5. The lowest BCUT2D eigenvalue weighted by Crippen LogP contribution is -2.42. The van der Waals surface area contributed by atoms with Gasteiger partial charge in [-0.15, -0.1) is 0 Å². The third kappa shape index (κ3) is 8.81. The molecule has 3 aliphatic carbocycles. The van der Waals surface area contributed by atoms with Crippen molar-refractivity contribution in [3.8, 4) is 0 Å². The molecule has 4 nitrogen and oxygen atoms in total. The zero-order valence-corrected chi connectivity index (χ0v) is 35.4. The van der Waals surface area contributed by atoms with E-state index in [-0.39, 0.29) is 12.1 Å². The lowest BCUT2D eigenvalue weighted by Gasteiger charge is -2.40. The second-order valence-electron chi connectivity index (χ2n) is 16.3. The number of rotatable bonds is 12. The topological polar surface area (TPSA) is 13.0 Å². The molecular formula is C57H54N4. The van der Waals surface area contributed by atoms with Crippen molar-refractivity contribution in [3.05, 3.63) is 247 Å². The summed E-state index contributed by atoms with van der Waals surface area (Å²) in [6.07, 6.45) is 26.1. The minimum Gasteiger partial charge on any atom is -0.358 e. The number of nitrogens with zero attached hydrogens (tertiary/aromatic N) is 4. The fraction of sp³-hybridized carbons (Fsp3) is 0.158. The second-order valence-corrected chi connectivity index (χ2v) is 16.3. The van der Waals surface area contributed by atoms with Crippen LogP contribution in [0.4, 0.5) is 39.8 Å². The molecule has 0 aliphatic heterocycles. The van der Waals surface area contributed by atoms with E-state index in [1.165, 1.54) is 45.1 Å². The average molecular weight is 795 g/mol. The molecule has 9 rings (SSSR count). The Bertz CT molecular complexity index is 2580. The number of benzene rings is 6. The Balaban J connectivity index is 1.06. The largest absolute Gasteiger partial charge is 0.358 e. The summed E-state index contributed by atoms with van der Waals surface area (Å²) < 4.78 is 0. The highest BCUT2D eigenvalue weighted by atomic mass is 15.2. The number of allylic oxidation sites excluding steroid dienone is 4. The summed E-state index contributed by atoms with van der Waals surface area (Å²) in [6, 6.07) is 57.9. The molecule has 0 bridgehead atoms. The van der Waals surface area contributed by atoms with Crippen molar-refractivity contribution in [1.82, 2.24) is 0 Å². The van der Waals surface area contributed by atoms with E-state index in [1.807, 2.05) is 0 Å². The molecule has 302 valence electrons. The quantitative estimate of drug-likeness (QED) is 0.122. The molecule has 3 atom stereocenters. The van der Waals surface area contributed by atoms with Crippen molar-refractivity contribution in [2.24, 2.45) is 0 Å². The Hall–Kier alpha value is -7.04. The molecule has 4 heteroatoms. The number of anilines is 7. The molecule has 0 fully saturated rings. The molecule has 0 N–H and O–H groups in total. The predicted octanol–water partition coefficient (Wildman–Crippen LogP) is 14.5. The maximum Gasteiger partial charge on any atom is 0.0561 e. The fourth-order valence-electron chi connectivity index (χ4n) is 8.79. The maximum absolute atomic E-state index is 2.60. The summed E-state index contributed by atoms with van der Waals surface area (Å²) in [5.74, 6) is 0. The van der Waals surface area contributed by atoms with Crippen LogP contribution >= 0.6 is 0 Å². The summed E-state index contributed by atoms with van der Waals surface area (Å²) in [5.41, 5.74) is 14.3. The van der Waals surface area contributed by atoms with E-state index in [0.717, 1.165) is 42.0 Å². The van der Waals surface area contributed by atoms with Gasteiger partial charge in [0.05, 0.1) is 18.1 Å². The molecule has 61 heavy (non-hydrogen) atoms. The van der Waals surface area contributed by atoms with Crippen LogP contribution in [-0.4, -0.2) is 18.1 Å². The highest BCUT2D eigenvalue weighted by Crippen LogP contribution is 2.39. The van der Waals surface area contributed by atoms with Gasteiger partial charge in [-0.25, -0.2) is 0 Å². The van der Waals surface area contributed by atoms with E-state index in [2.05, 4.69) is 259 Å². The molecule has 3 unspecified atom stereocenters. The molecule has 6 aromatic rings. The van der Waals surface area contributed by atoms with Gasteiger partial charge in [0.15, 0.2) is 0 Å². The summed E-state index contributed by atoms with van der Waals surface area (Å²) >= 11 is 0. The minimum atomic E-state index is 0.160. The van der Waals surface area contributed by atoms with Crippen molar-refractivity contribution < 1.29 is 0 Å². The van der Waals surface area contributed by atoms with Crippen LogP contribution in [-0.2, 0) is 0 Å². The third-order valence-electron chi connectivity index (χ3n) is 12.0. The fourth-order valence-corrected chi connectivity index (χ4v) is 8.79. The van der Waals surface area contributed by atoms with Crippen LogP contribution in [0.1, 0.15) is 36.0 Å². The van der Waals surface area contributed by atoms with Gasteiger partial charge < -0.3 is 19.6 Å². The van der Waals surface area contributed by atoms with E-state index < -0.39 is 0 Å². The van der Waals surface area contributed by atoms with Crippen LogP contribution in [0.3, 0.4) is 0 Å². The van der Waals surface area contributed by atoms with E-state index in [1.54, 1.807) is 0 Å². The number of para-hydroxylation sites is 2. The first-order chi connectivity index (χ1) is 30.0. The van der Waals surface area contributed by atoms with Gasteiger partial charge in [0.1, 0.15) is 0 Å². The average Bonchev–Trinajstić information content (AvgIpc) is 3.31. The lowest BCUT2D eigenvalue weighted by molar-refractivity contribution is 0.613. The van der Waals surface area contributed by atoms with Gasteiger partial charge >= 0.3 is 0 Å². The zero-order valence-electron chi connectivity index (χ0n) is 35.4. The molecule has 0 spiro atoms. The van der Waals surface area contributed by atoms with Crippen LogP contribution in [0.5, 0.6) is 0 Å². The molecule has 0 aromatic heterocycles. The molecular weight excluding hydrogens is 741 g/mol. The summed E-state index contributed by atoms with van der Waals surface area (Å²) in [4.78, 5) is 9.84. The first-order valence-corrected chi connectivity index (χ1v) is 21.7. The number of hydrogen-bond acceptors (Lipinski definition) is 4. The molecule has 3 aliphatic rings. The van der Waals surface area contributed by atoms with E-state index >= 15 is 0 Å². The van der Waals surface area contributed by atoms with Crippen molar-refractivity contribution in [1.29, 1.82) is 0 Å². The van der Waals surface area contributed by atoms with Gasteiger partial charge in [-0.1, -0.05) is 138 Å². The van der Waals surface area contributed by atoms with Crippen molar-refractivity contribution in [2.45, 2.75) is 58.2 Å². The lowest BCUT2D eigenvalue weighted by atomic mass is 9.97. The highest BCUT2D eigenvalue weighted by molar-refractivity contribution is 5.78.